The highest BCUT2D eigenvalue weighted by molar-refractivity contribution is 7.97. The van der Waals surface area contributed by atoms with Crippen molar-refractivity contribution in [2.75, 3.05) is 25.1 Å². The van der Waals surface area contributed by atoms with Gasteiger partial charge in [-0.05, 0) is 55.9 Å². The molecule has 0 aliphatic heterocycles. The van der Waals surface area contributed by atoms with E-state index in [1.54, 1.807) is 24.1 Å². The molecule has 0 saturated carbocycles. The zero-order valence-electron chi connectivity index (χ0n) is 13.5. The molecule has 0 aliphatic rings. The van der Waals surface area contributed by atoms with Crippen LogP contribution in [0.5, 0.6) is 0 Å². The number of aromatic amines is 1. The van der Waals surface area contributed by atoms with Gasteiger partial charge < -0.3 is 11.1 Å². The summed E-state index contributed by atoms with van der Waals surface area (Å²) in [5.74, 6) is 0.578. The Hall–Kier alpha value is -1.93. The first-order valence-electron chi connectivity index (χ1n) is 7.32. The molecule has 25 heavy (non-hydrogen) atoms. The quantitative estimate of drug-likeness (QED) is 0.545. The largest absolute Gasteiger partial charge is 0.368 e. The van der Waals surface area contributed by atoms with Gasteiger partial charge in [0.25, 0.3) is 0 Å². The third kappa shape index (κ3) is 4.38. The fourth-order valence-corrected chi connectivity index (χ4v) is 3.66. The topological polar surface area (TPSA) is 82.9 Å². The molecule has 0 aliphatic carbocycles. The lowest BCUT2D eigenvalue weighted by Crippen LogP contribution is -1.98. The molecule has 0 atom stereocenters. The molecule has 0 bridgehead atoms. The number of nitrogen functional groups attached to an aromatic ring is 1. The minimum atomic E-state index is 0.229. The van der Waals surface area contributed by atoms with Gasteiger partial charge >= 0.3 is 0 Å². The summed E-state index contributed by atoms with van der Waals surface area (Å²) in [5.41, 5.74) is 7.92. The van der Waals surface area contributed by atoms with Crippen LogP contribution in [0.15, 0.2) is 41.3 Å². The van der Waals surface area contributed by atoms with Crippen molar-refractivity contribution in [3.63, 3.8) is 0 Å². The van der Waals surface area contributed by atoms with Gasteiger partial charge in [0.2, 0.25) is 11.9 Å². The van der Waals surface area contributed by atoms with Gasteiger partial charge in [-0.1, -0.05) is 35.3 Å². The molecule has 9 heteroatoms. The summed E-state index contributed by atoms with van der Waals surface area (Å²) in [6.07, 6.45) is 0. The smallest absolute Gasteiger partial charge is 0.248 e. The van der Waals surface area contributed by atoms with Crippen LogP contribution in [-0.2, 0) is 0 Å². The molecule has 0 unspecified atom stereocenters. The lowest BCUT2D eigenvalue weighted by molar-refractivity contribution is 0.702. The first kappa shape index (κ1) is 17.9. The first-order valence-corrected chi connectivity index (χ1v) is 8.85. The molecule has 1 heterocycles. The van der Waals surface area contributed by atoms with E-state index in [1.165, 1.54) is 0 Å². The van der Waals surface area contributed by atoms with E-state index in [4.69, 9.17) is 28.9 Å². The van der Waals surface area contributed by atoms with Gasteiger partial charge in [0.15, 0.2) is 0 Å². The standard InChI is InChI=1S/C16H16Cl2N6S/c1-24(2)25-11-5-3-9(4-6-11)14-12(17)7-10(8-13(14)18)20-16-21-15(19)22-23-16/h3-8H,1-2H3,(H4,19,20,21,22,23). The van der Waals surface area contributed by atoms with Gasteiger partial charge in [-0.3, -0.25) is 4.31 Å². The van der Waals surface area contributed by atoms with Gasteiger partial charge in [-0.15, -0.1) is 5.10 Å². The molecule has 0 fully saturated rings. The summed E-state index contributed by atoms with van der Waals surface area (Å²) in [7, 11) is 4.00. The Balaban J connectivity index is 1.87. The van der Waals surface area contributed by atoms with Crippen LogP contribution in [0.3, 0.4) is 0 Å². The van der Waals surface area contributed by atoms with Crippen molar-refractivity contribution in [2.24, 2.45) is 0 Å². The fraction of sp³-hybridized carbons (Fsp3) is 0.125. The SMILES string of the molecule is CN(C)Sc1ccc(-c2c(Cl)cc(Nc3n[nH]c(N)n3)cc2Cl)cc1. The second-order valence-electron chi connectivity index (χ2n) is 5.41. The zero-order valence-corrected chi connectivity index (χ0v) is 15.9. The van der Waals surface area contributed by atoms with Gasteiger partial charge in [-0.25, -0.2) is 5.10 Å². The van der Waals surface area contributed by atoms with Crippen molar-refractivity contribution in [1.29, 1.82) is 0 Å². The van der Waals surface area contributed by atoms with E-state index in [2.05, 4.69) is 20.5 Å². The van der Waals surface area contributed by atoms with E-state index < -0.39 is 0 Å². The Bertz CT molecular complexity index is 856. The molecule has 4 N–H and O–H groups in total. The van der Waals surface area contributed by atoms with Crippen LogP contribution in [0.25, 0.3) is 11.1 Å². The van der Waals surface area contributed by atoms with E-state index in [1.807, 2.05) is 42.7 Å². The van der Waals surface area contributed by atoms with Crippen molar-refractivity contribution >= 4 is 52.7 Å². The highest BCUT2D eigenvalue weighted by Gasteiger charge is 2.12. The summed E-state index contributed by atoms with van der Waals surface area (Å²) in [5, 5.41) is 10.5. The van der Waals surface area contributed by atoms with E-state index in [0.717, 1.165) is 16.0 Å². The third-order valence-corrected chi connectivity index (χ3v) is 4.68. The van der Waals surface area contributed by atoms with Crippen LogP contribution < -0.4 is 11.1 Å². The predicted molar refractivity (Wildman–Crippen MR) is 106 cm³/mol. The van der Waals surface area contributed by atoms with Crippen molar-refractivity contribution in [2.45, 2.75) is 4.90 Å². The molecule has 0 amide bonds. The number of nitrogens with two attached hydrogens (primary N) is 1. The van der Waals surface area contributed by atoms with Crippen molar-refractivity contribution in [3.8, 4) is 11.1 Å². The number of benzene rings is 2. The average molecular weight is 395 g/mol. The second-order valence-corrected chi connectivity index (χ2v) is 7.61. The number of hydrogen-bond acceptors (Lipinski definition) is 6. The molecule has 2 aromatic carbocycles. The van der Waals surface area contributed by atoms with Gasteiger partial charge in [-0.2, -0.15) is 4.98 Å². The number of hydrogen-bond donors (Lipinski definition) is 3. The summed E-state index contributed by atoms with van der Waals surface area (Å²) < 4.78 is 2.03. The monoisotopic (exact) mass is 394 g/mol. The highest BCUT2D eigenvalue weighted by atomic mass is 35.5. The predicted octanol–water partition coefficient (Wildman–Crippen LogP) is 4.67. The normalized spacial score (nSPS) is 11.1. The van der Waals surface area contributed by atoms with Crippen LogP contribution >= 0.6 is 35.1 Å². The van der Waals surface area contributed by atoms with Crippen molar-refractivity contribution in [3.05, 3.63) is 46.4 Å². The zero-order chi connectivity index (χ0) is 18.0. The van der Waals surface area contributed by atoms with Crippen LogP contribution in [0.1, 0.15) is 0 Å². The Morgan fingerprint density at radius 1 is 1.12 bits per heavy atom. The van der Waals surface area contributed by atoms with Crippen LogP contribution in [-0.4, -0.2) is 33.6 Å². The number of nitrogens with one attached hydrogen (secondary N) is 2. The maximum atomic E-state index is 6.45. The van der Waals surface area contributed by atoms with Crippen molar-refractivity contribution in [1.82, 2.24) is 19.5 Å². The number of halogens is 2. The van der Waals surface area contributed by atoms with E-state index >= 15 is 0 Å². The van der Waals surface area contributed by atoms with E-state index in [9.17, 15) is 0 Å². The summed E-state index contributed by atoms with van der Waals surface area (Å²) >= 11 is 14.6. The molecular weight excluding hydrogens is 379 g/mol. The Kier molecular flexibility index (Phi) is 5.39. The molecule has 1 aromatic heterocycles. The number of H-pyrrole nitrogens is 1. The van der Waals surface area contributed by atoms with Crippen LogP contribution in [0.2, 0.25) is 10.0 Å². The van der Waals surface area contributed by atoms with Crippen LogP contribution in [0, 0.1) is 0 Å². The van der Waals surface area contributed by atoms with Gasteiger partial charge in [0.1, 0.15) is 0 Å². The van der Waals surface area contributed by atoms with Crippen molar-refractivity contribution < 1.29 is 0 Å². The van der Waals surface area contributed by atoms with E-state index in [0.29, 0.717) is 21.7 Å². The second kappa shape index (κ2) is 7.53. The number of aromatic nitrogens is 3. The molecule has 0 saturated heterocycles. The fourth-order valence-electron chi connectivity index (χ4n) is 2.27. The maximum absolute atomic E-state index is 6.45. The van der Waals surface area contributed by atoms with Crippen LogP contribution in [0.4, 0.5) is 17.6 Å². The maximum Gasteiger partial charge on any atom is 0.248 e. The Morgan fingerprint density at radius 3 is 2.28 bits per heavy atom. The number of nitrogens with zero attached hydrogens (tertiary/aromatic N) is 3. The highest BCUT2D eigenvalue weighted by Crippen LogP contribution is 2.38. The molecule has 0 radical (unpaired) electrons. The summed E-state index contributed by atoms with van der Waals surface area (Å²) in [6.45, 7) is 0. The molecule has 0 spiro atoms. The van der Waals surface area contributed by atoms with E-state index in [-0.39, 0.29) is 5.95 Å². The lowest BCUT2D eigenvalue weighted by Gasteiger charge is -2.12. The number of rotatable bonds is 5. The van der Waals surface area contributed by atoms with Gasteiger partial charge in [0.05, 0.1) is 10.0 Å². The number of anilines is 3. The Morgan fingerprint density at radius 2 is 1.76 bits per heavy atom. The Labute approximate surface area is 159 Å². The molecule has 3 aromatic rings. The molecular formula is C16H16Cl2N6S. The third-order valence-electron chi connectivity index (χ3n) is 3.23. The minimum absolute atomic E-state index is 0.229. The molecule has 130 valence electrons. The molecule has 6 nitrogen and oxygen atoms in total. The molecule has 3 rings (SSSR count). The summed E-state index contributed by atoms with van der Waals surface area (Å²) in [6, 6.07) is 11.6. The minimum Gasteiger partial charge on any atom is -0.368 e. The summed E-state index contributed by atoms with van der Waals surface area (Å²) in [4.78, 5) is 5.13. The first-order chi connectivity index (χ1) is 11.9. The lowest BCUT2D eigenvalue weighted by atomic mass is 10.1. The van der Waals surface area contributed by atoms with Gasteiger partial charge in [0, 0.05) is 16.1 Å². The average Bonchev–Trinajstić information content (AvgIpc) is 2.93.